The molecule has 0 saturated carbocycles. The Balaban J connectivity index is 2.13. The summed E-state index contributed by atoms with van der Waals surface area (Å²) in [5.74, 6) is -0.0120. The van der Waals surface area contributed by atoms with Crippen molar-refractivity contribution < 1.29 is 4.79 Å². The molecule has 3 nitrogen and oxygen atoms in total. The number of aromatic nitrogens is 1. The Kier molecular flexibility index (Phi) is 4.17. The molecule has 1 aromatic heterocycles. The molecule has 0 unspecified atom stereocenters. The number of rotatable bonds is 1. The summed E-state index contributed by atoms with van der Waals surface area (Å²) in [6.45, 7) is 1.68. The van der Waals surface area contributed by atoms with E-state index >= 15 is 0 Å². The Labute approximate surface area is 142 Å². The van der Waals surface area contributed by atoms with Crippen molar-refractivity contribution in [3.05, 3.63) is 54.6 Å². The number of nitrogens with zero attached hydrogens (tertiary/aromatic N) is 1. The zero-order valence-electron chi connectivity index (χ0n) is 10.4. The summed E-state index contributed by atoms with van der Waals surface area (Å²) in [6, 6.07) is 7.46. The van der Waals surface area contributed by atoms with Crippen LogP contribution < -0.4 is 5.32 Å². The highest BCUT2D eigenvalue weighted by Gasteiger charge is 2.26. The van der Waals surface area contributed by atoms with Crippen LogP contribution in [-0.4, -0.2) is 17.0 Å². The molecule has 1 aliphatic heterocycles. The molecular weight excluding hydrogens is 452 g/mol. The molecule has 2 heterocycles. The van der Waals surface area contributed by atoms with Crippen LogP contribution in [0.4, 0.5) is 0 Å². The van der Waals surface area contributed by atoms with E-state index in [1.54, 1.807) is 4.57 Å². The van der Waals surface area contributed by atoms with E-state index in [4.69, 9.17) is 0 Å². The molecule has 0 spiro atoms. The Bertz CT molecular complexity index is 694. The summed E-state index contributed by atoms with van der Waals surface area (Å²) in [6.07, 6.45) is 0.847. The molecule has 0 aliphatic carbocycles. The van der Waals surface area contributed by atoms with Gasteiger partial charge < -0.3 is 5.32 Å². The fourth-order valence-corrected chi connectivity index (χ4v) is 3.99. The van der Waals surface area contributed by atoms with Crippen LogP contribution in [0.15, 0.2) is 37.8 Å². The largest absolute Gasteiger partial charge is 0.312 e. The topological polar surface area (TPSA) is 34.0 Å². The highest BCUT2D eigenvalue weighted by molar-refractivity contribution is 9.13. The van der Waals surface area contributed by atoms with Gasteiger partial charge in [-0.1, -0.05) is 22.0 Å². The molecule has 0 bridgehead atoms. The summed E-state index contributed by atoms with van der Waals surface area (Å²) in [5.41, 5.74) is 2.91. The molecule has 1 aliphatic rings. The Morgan fingerprint density at radius 1 is 1.25 bits per heavy atom. The van der Waals surface area contributed by atoms with E-state index in [0.29, 0.717) is 5.56 Å². The molecule has 0 atom stereocenters. The molecule has 2 aromatic rings. The van der Waals surface area contributed by atoms with Gasteiger partial charge in [-0.3, -0.25) is 9.36 Å². The van der Waals surface area contributed by atoms with E-state index in [9.17, 15) is 4.79 Å². The first kappa shape index (κ1) is 14.5. The minimum atomic E-state index is -0.0120. The average Bonchev–Trinajstić information content (AvgIpc) is 2.71. The Morgan fingerprint density at radius 2 is 2.05 bits per heavy atom. The monoisotopic (exact) mass is 460 g/mol. The van der Waals surface area contributed by atoms with E-state index in [1.165, 1.54) is 0 Å². The van der Waals surface area contributed by atoms with Gasteiger partial charge in [-0.2, -0.15) is 0 Å². The first-order valence-electron chi connectivity index (χ1n) is 6.18. The van der Waals surface area contributed by atoms with Crippen molar-refractivity contribution in [3.8, 4) is 0 Å². The third-order valence-electron chi connectivity index (χ3n) is 3.38. The second kappa shape index (κ2) is 5.75. The van der Waals surface area contributed by atoms with E-state index in [2.05, 4.69) is 53.1 Å². The van der Waals surface area contributed by atoms with Crippen molar-refractivity contribution >= 4 is 53.7 Å². The molecule has 1 N–H and O–H groups in total. The maximum absolute atomic E-state index is 12.8. The summed E-state index contributed by atoms with van der Waals surface area (Å²) in [7, 11) is 0. The molecular formula is C14H11Br3N2O. The highest BCUT2D eigenvalue weighted by atomic mass is 79.9. The second-order valence-corrected chi connectivity index (χ2v) is 7.07. The van der Waals surface area contributed by atoms with Crippen LogP contribution in [0.3, 0.4) is 0 Å². The van der Waals surface area contributed by atoms with Crippen molar-refractivity contribution in [2.24, 2.45) is 0 Å². The summed E-state index contributed by atoms with van der Waals surface area (Å²) < 4.78 is 4.42. The number of hydrogen-bond acceptors (Lipinski definition) is 2. The van der Waals surface area contributed by atoms with Crippen molar-refractivity contribution in [1.82, 2.24) is 9.88 Å². The van der Waals surface area contributed by atoms with Crippen molar-refractivity contribution in [3.63, 3.8) is 0 Å². The van der Waals surface area contributed by atoms with Gasteiger partial charge in [0.2, 0.25) is 0 Å². The standard InChI is InChI=1S/C14H11Br3N2O/c15-9-3-1-2-8(6-9)14(20)19-11-4-5-18-7-10(11)12(16)13(19)17/h1-3,6,18H,4-5,7H2. The molecule has 104 valence electrons. The normalized spacial score (nSPS) is 14.2. The van der Waals surface area contributed by atoms with Crippen LogP contribution in [0.1, 0.15) is 21.6 Å². The predicted octanol–water partition coefficient (Wildman–Crippen LogP) is 4.11. The minimum Gasteiger partial charge on any atom is -0.312 e. The first-order valence-corrected chi connectivity index (χ1v) is 8.56. The third-order valence-corrected chi connectivity index (χ3v) is 6.01. The highest BCUT2D eigenvalue weighted by Crippen LogP contribution is 2.35. The van der Waals surface area contributed by atoms with Crippen LogP contribution in [0.25, 0.3) is 0 Å². The number of nitrogens with one attached hydrogen (secondary N) is 1. The van der Waals surface area contributed by atoms with Gasteiger partial charge in [-0.15, -0.1) is 0 Å². The number of hydrogen-bond donors (Lipinski definition) is 1. The Morgan fingerprint density at radius 3 is 2.80 bits per heavy atom. The Hall–Kier alpha value is -0.430. The van der Waals surface area contributed by atoms with E-state index in [0.717, 1.165) is 44.3 Å². The minimum absolute atomic E-state index is 0.0120. The van der Waals surface area contributed by atoms with Gasteiger partial charge in [0.25, 0.3) is 5.91 Å². The van der Waals surface area contributed by atoms with Crippen LogP contribution in [-0.2, 0) is 13.0 Å². The lowest BCUT2D eigenvalue weighted by Crippen LogP contribution is -2.26. The number of carbonyl (C=O) groups is 1. The van der Waals surface area contributed by atoms with Gasteiger partial charge in [0.15, 0.2) is 0 Å². The molecule has 3 rings (SSSR count). The smallest absolute Gasteiger partial charge is 0.263 e. The molecule has 0 saturated heterocycles. The van der Waals surface area contributed by atoms with Crippen molar-refractivity contribution in [1.29, 1.82) is 0 Å². The van der Waals surface area contributed by atoms with Gasteiger partial charge in [0.1, 0.15) is 4.60 Å². The summed E-state index contributed by atoms with van der Waals surface area (Å²) in [5, 5.41) is 3.33. The third kappa shape index (κ3) is 2.43. The van der Waals surface area contributed by atoms with E-state index in [1.807, 2.05) is 24.3 Å². The zero-order valence-corrected chi connectivity index (χ0v) is 15.2. The van der Waals surface area contributed by atoms with Crippen molar-refractivity contribution in [2.75, 3.05) is 6.54 Å². The molecule has 0 radical (unpaired) electrons. The number of halogens is 3. The van der Waals surface area contributed by atoms with Gasteiger partial charge in [-0.25, -0.2) is 0 Å². The van der Waals surface area contributed by atoms with Crippen LogP contribution >= 0.6 is 47.8 Å². The predicted molar refractivity (Wildman–Crippen MR) is 89.1 cm³/mol. The van der Waals surface area contributed by atoms with Crippen molar-refractivity contribution in [2.45, 2.75) is 13.0 Å². The lowest BCUT2D eigenvalue weighted by Gasteiger charge is -2.16. The quantitative estimate of drug-likeness (QED) is 0.692. The van der Waals surface area contributed by atoms with E-state index < -0.39 is 0 Å². The lowest BCUT2D eigenvalue weighted by molar-refractivity contribution is 0.0954. The number of carbonyl (C=O) groups excluding carboxylic acids is 1. The molecule has 0 fully saturated rings. The van der Waals surface area contributed by atoms with Gasteiger partial charge >= 0.3 is 0 Å². The van der Waals surface area contributed by atoms with Gasteiger partial charge in [0, 0.05) is 40.8 Å². The summed E-state index contributed by atoms with van der Waals surface area (Å²) >= 11 is 10.5. The molecule has 1 aromatic carbocycles. The molecule has 0 amide bonds. The maximum atomic E-state index is 12.8. The van der Waals surface area contributed by atoms with Gasteiger partial charge in [0.05, 0.1) is 4.47 Å². The second-order valence-electron chi connectivity index (χ2n) is 4.61. The van der Waals surface area contributed by atoms with Crippen LogP contribution in [0.5, 0.6) is 0 Å². The zero-order chi connectivity index (χ0) is 14.3. The van der Waals surface area contributed by atoms with Gasteiger partial charge in [-0.05, 0) is 50.1 Å². The van der Waals surface area contributed by atoms with Crippen LogP contribution in [0, 0.1) is 0 Å². The number of fused-ring (bicyclic) bond motifs is 1. The number of benzene rings is 1. The average molecular weight is 463 g/mol. The fraction of sp³-hybridized carbons (Fsp3) is 0.214. The fourth-order valence-electron chi connectivity index (χ4n) is 2.43. The molecule has 20 heavy (non-hydrogen) atoms. The maximum Gasteiger partial charge on any atom is 0.263 e. The molecule has 6 heteroatoms. The SMILES string of the molecule is O=C(c1cccc(Br)c1)n1c(Br)c(Br)c2c1CCNC2. The summed E-state index contributed by atoms with van der Waals surface area (Å²) in [4.78, 5) is 12.8. The lowest BCUT2D eigenvalue weighted by atomic mass is 10.1. The first-order chi connectivity index (χ1) is 9.59. The van der Waals surface area contributed by atoms with E-state index in [-0.39, 0.29) is 5.91 Å². The van der Waals surface area contributed by atoms with Crippen LogP contribution in [0.2, 0.25) is 0 Å².